The largest absolute Gasteiger partial charge is 0.507 e. The van der Waals surface area contributed by atoms with Crippen LogP contribution in [0, 0.1) is 0 Å². The number of benzene rings is 2. The van der Waals surface area contributed by atoms with Crippen LogP contribution >= 0.6 is 0 Å². The van der Waals surface area contributed by atoms with Gasteiger partial charge in [0.15, 0.2) is 0 Å². The van der Waals surface area contributed by atoms with Gasteiger partial charge in [-0.25, -0.2) is 0 Å². The van der Waals surface area contributed by atoms with Gasteiger partial charge in [0.05, 0.1) is 19.3 Å². The van der Waals surface area contributed by atoms with E-state index in [1.807, 2.05) is 36.4 Å². The SMILES string of the molecule is C=C(COC)C1=CCOC1CC/C(=C/c1ccccc1O)c1ccccc1. The Morgan fingerprint density at radius 1 is 1.19 bits per heavy atom. The molecule has 1 atom stereocenters. The highest BCUT2D eigenvalue weighted by atomic mass is 16.5. The molecule has 0 spiro atoms. The Kier molecular flexibility index (Phi) is 6.64. The second-order valence-electron chi connectivity index (χ2n) is 6.65. The molecule has 0 aromatic heterocycles. The highest BCUT2D eigenvalue weighted by Crippen LogP contribution is 2.31. The molecule has 0 fully saturated rings. The van der Waals surface area contributed by atoms with Crippen LogP contribution in [-0.2, 0) is 9.47 Å². The fraction of sp³-hybridized carbons (Fsp3) is 0.250. The second-order valence-corrected chi connectivity index (χ2v) is 6.65. The number of hydrogen-bond acceptors (Lipinski definition) is 3. The molecule has 3 rings (SSSR count). The highest BCUT2D eigenvalue weighted by Gasteiger charge is 2.22. The molecule has 3 nitrogen and oxygen atoms in total. The zero-order chi connectivity index (χ0) is 19.1. The van der Waals surface area contributed by atoms with Crippen molar-refractivity contribution in [3.05, 3.63) is 89.5 Å². The van der Waals surface area contributed by atoms with Crippen LogP contribution in [0.25, 0.3) is 11.6 Å². The zero-order valence-electron chi connectivity index (χ0n) is 15.7. The molecule has 3 heteroatoms. The van der Waals surface area contributed by atoms with Gasteiger partial charge in [-0.2, -0.15) is 0 Å². The summed E-state index contributed by atoms with van der Waals surface area (Å²) in [5.74, 6) is 0.289. The van der Waals surface area contributed by atoms with Crippen LogP contribution in [0.5, 0.6) is 5.75 Å². The van der Waals surface area contributed by atoms with Crippen molar-refractivity contribution in [3.8, 4) is 5.75 Å². The average molecular weight is 362 g/mol. The third-order valence-corrected chi connectivity index (χ3v) is 4.76. The monoisotopic (exact) mass is 362 g/mol. The number of rotatable bonds is 8. The smallest absolute Gasteiger partial charge is 0.122 e. The van der Waals surface area contributed by atoms with E-state index in [9.17, 15) is 5.11 Å². The summed E-state index contributed by atoms with van der Waals surface area (Å²) in [4.78, 5) is 0. The quantitative estimate of drug-likeness (QED) is 0.653. The van der Waals surface area contributed by atoms with Crippen molar-refractivity contribution in [1.82, 2.24) is 0 Å². The van der Waals surface area contributed by atoms with Gasteiger partial charge in [0.25, 0.3) is 0 Å². The summed E-state index contributed by atoms with van der Waals surface area (Å²) >= 11 is 0. The Morgan fingerprint density at radius 3 is 2.67 bits per heavy atom. The lowest BCUT2D eigenvalue weighted by atomic mass is 9.93. The van der Waals surface area contributed by atoms with Gasteiger partial charge in [0, 0.05) is 12.7 Å². The molecule has 140 valence electrons. The molecule has 0 radical (unpaired) electrons. The van der Waals surface area contributed by atoms with Crippen LogP contribution in [0.15, 0.2) is 78.4 Å². The number of ether oxygens (including phenoxy) is 2. The van der Waals surface area contributed by atoms with Crippen LogP contribution < -0.4 is 0 Å². The van der Waals surface area contributed by atoms with E-state index in [0.717, 1.165) is 35.1 Å². The molecule has 1 aliphatic rings. The first-order valence-corrected chi connectivity index (χ1v) is 9.21. The Balaban J connectivity index is 1.80. The topological polar surface area (TPSA) is 38.7 Å². The number of phenols is 1. The molecule has 1 aliphatic heterocycles. The van der Waals surface area contributed by atoms with Gasteiger partial charge in [-0.05, 0) is 47.3 Å². The minimum Gasteiger partial charge on any atom is -0.507 e. The van der Waals surface area contributed by atoms with Gasteiger partial charge < -0.3 is 14.6 Å². The van der Waals surface area contributed by atoms with Crippen molar-refractivity contribution < 1.29 is 14.6 Å². The second kappa shape index (κ2) is 9.36. The van der Waals surface area contributed by atoms with E-state index in [0.29, 0.717) is 13.2 Å². The van der Waals surface area contributed by atoms with E-state index in [4.69, 9.17) is 9.47 Å². The van der Waals surface area contributed by atoms with Gasteiger partial charge in [0.2, 0.25) is 0 Å². The minimum absolute atomic E-state index is 0.0316. The maximum atomic E-state index is 10.2. The summed E-state index contributed by atoms with van der Waals surface area (Å²) < 4.78 is 11.1. The third-order valence-electron chi connectivity index (χ3n) is 4.76. The highest BCUT2D eigenvalue weighted by molar-refractivity contribution is 5.83. The van der Waals surface area contributed by atoms with E-state index < -0.39 is 0 Å². The molecule has 0 amide bonds. The van der Waals surface area contributed by atoms with Crippen LogP contribution in [-0.4, -0.2) is 31.5 Å². The van der Waals surface area contributed by atoms with Crippen LogP contribution in [0.1, 0.15) is 24.0 Å². The number of hydrogen-bond donors (Lipinski definition) is 1. The van der Waals surface area contributed by atoms with Gasteiger partial charge in [-0.15, -0.1) is 0 Å². The van der Waals surface area contributed by atoms with Crippen LogP contribution in [0.3, 0.4) is 0 Å². The Labute approximate surface area is 161 Å². The molecule has 1 heterocycles. The molecular weight excluding hydrogens is 336 g/mol. The normalized spacial score (nSPS) is 17.0. The number of aromatic hydroxyl groups is 1. The molecule has 1 unspecified atom stereocenters. The number of phenolic OH excluding ortho intramolecular Hbond substituents is 1. The molecule has 27 heavy (non-hydrogen) atoms. The van der Waals surface area contributed by atoms with E-state index in [1.54, 1.807) is 13.2 Å². The van der Waals surface area contributed by atoms with Crippen molar-refractivity contribution in [2.75, 3.05) is 20.3 Å². The number of allylic oxidation sites excluding steroid dienone is 1. The molecule has 0 aliphatic carbocycles. The van der Waals surface area contributed by atoms with E-state index in [1.165, 1.54) is 5.57 Å². The van der Waals surface area contributed by atoms with E-state index >= 15 is 0 Å². The standard InChI is InChI=1S/C24H26O3/c1-18(17-26-2)22-14-15-27-24(22)13-12-20(19-8-4-3-5-9-19)16-21-10-6-7-11-23(21)25/h3-11,14,16,24-25H,1,12-13,15,17H2,2H3/b20-16-. The summed E-state index contributed by atoms with van der Waals surface area (Å²) in [6, 6.07) is 17.7. The lowest BCUT2D eigenvalue weighted by molar-refractivity contribution is 0.116. The molecule has 0 saturated carbocycles. The molecule has 0 saturated heterocycles. The maximum Gasteiger partial charge on any atom is 0.122 e. The fourth-order valence-electron chi connectivity index (χ4n) is 3.38. The van der Waals surface area contributed by atoms with Crippen molar-refractivity contribution in [1.29, 1.82) is 0 Å². The van der Waals surface area contributed by atoms with Gasteiger partial charge in [-0.3, -0.25) is 0 Å². The summed E-state index contributed by atoms with van der Waals surface area (Å²) in [7, 11) is 1.68. The first kappa shape index (κ1) is 19.2. The summed E-state index contributed by atoms with van der Waals surface area (Å²) in [5, 5.41) is 10.2. The Morgan fingerprint density at radius 2 is 1.93 bits per heavy atom. The molecule has 1 N–H and O–H groups in total. The third kappa shape index (κ3) is 4.97. The van der Waals surface area contributed by atoms with Crippen LogP contribution in [0.2, 0.25) is 0 Å². The minimum atomic E-state index is 0.0316. The van der Waals surface area contributed by atoms with Crippen molar-refractivity contribution in [2.45, 2.75) is 18.9 Å². The summed E-state index contributed by atoms with van der Waals surface area (Å²) in [6.45, 7) is 5.26. The lowest BCUT2D eigenvalue weighted by Gasteiger charge is -2.18. The molecular formula is C24H26O3. The number of para-hydroxylation sites is 1. The average Bonchev–Trinajstić information content (AvgIpc) is 3.16. The summed E-state index contributed by atoms with van der Waals surface area (Å²) in [6.07, 6.45) is 5.88. The first-order valence-electron chi connectivity index (χ1n) is 9.21. The zero-order valence-corrected chi connectivity index (χ0v) is 15.7. The maximum absolute atomic E-state index is 10.2. The van der Waals surface area contributed by atoms with Gasteiger partial charge >= 0.3 is 0 Å². The predicted octanol–water partition coefficient (Wildman–Crippen LogP) is 5.24. The van der Waals surface area contributed by atoms with Gasteiger partial charge in [-0.1, -0.05) is 61.2 Å². The van der Waals surface area contributed by atoms with Gasteiger partial charge in [0.1, 0.15) is 5.75 Å². The Hall–Kier alpha value is -2.62. The summed E-state index contributed by atoms with van der Waals surface area (Å²) in [5.41, 5.74) is 5.27. The van der Waals surface area contributed by atoms with Crippen molar-refractivity contribution >= 4 is 11.6 Å². The molecule has 2 aromatic carbocycles. The Bertz CT molecular complexity index is 834. The van der Waals surface area contributed by atoms with E-state index in [-0.39, 0.29) is 11.9 Å². The van der Waals surface area contributed by atoms with Crippen molar-refractivity contribution in [2.24, 2.45) is 0 Å². The lowest BCUT2D eigenvalue weighted by Crippen LogP contribution is -2.13. The molecule has 0 bridgehead atoms. The predicted molar refractivity (Wildman–Crippen MR) is 110 cm³/mol. The fourth-order valence-corrected chi connectivity index (χ4v) is 3.38. The van der Waals surface area contributed by atoms with Crippen LogP contribution in [0.4, 0.5) is 0 Å². The first-order chi connectivity index (χ1) is 13.2. The molecule has 2 aromatic rings. The number of methoxy groups -OCH3 is 1. The van der Waals surface area contributed by atoms with E-state index in [2.05, 4.69) is 30.9 Å². The van der Waals surface area contributed by atoms with Crippen molar-refractivity contribution in [3.63, 3.8) is 0 Å².